The number of carbonyl (C=O) groups is 1. The van der Waals surface area contributed by atoms with Crippen LogP contribution in [0.2, 0.25) is 0 Å². The number of carbonyl (C=O) groups excluding carboxylic acids is 1. The maximum atomic E-state index is 12.9. The monoisotopic (exact) mass is 315 g/mol. The van der Waals surface area contributed by atoms with Gasteiger partial charge in [-0.3, -0.25) is 4.79 Å². The molecular formula is C18H21NO2S. The van der Waals surface area contributed by atoms with Crippen molar-refractivity contribution in [3.05, 3.63) is 52.2 Å². The van der Waals surface area contributed by atoms with Crippen LogP contribution in [-0.4, -0.2) is 13.0 Å². The minimum atomic E-state index is -0.312. The maximum Gasteiger partial charge on any atom is 0.231 e. The van der Waals surface area contributed by atoms with E-state index in [-0.39, 0.29) is 11.3 Å². The molecule has 116 valence electrons. The number of methoxy groups -OCH3 is 1. The molecule has 1 amide bonds. The first-order valence-electron chi connectivity index (χ1n) is 7.70. The van der Waals surface area contributed by atoms with Crippen molar-refractivity contribution in [3.8, 4) is 5.75 Å². The summed E-state index contributed by atoms with van der Waals surface area (Å²) in [4.78, 5) is 14.1. The third-order valence-corrected chi connectivity index (χ3v) is 5.55. The van der Waals surface area contributed by atoms with Crippen LogP contribution in [0.4, 0.5) is 0 Å². The Bertz CT molecular complexity index is 630. The Morgan fingerprint density at radius 3 is 2.77 bits per heavy atom. The zero-order valence-electron chi connectivity index (χ0n) is 12.8. The SMILES string of the molecule is COc1cccc(CNC(=O)C2(c3cccs3)CCCC2)c1. The second-order valence-electron chi connectivity index (χ2n) is 5.80. The fourth-order valence-corrected chi connectivity index (χ4v) is 4.23. The molecule has 0 bridgehead atoms. The summed E-state index contributed by atoms with van der Waals surface area (Å²) >= 11 is 1.69. The average molecular weight is 315 g/mol. The molecule has 1 heterocycles. The number of nitrogens with one attached hydrogen (secondary N) is 1. The quantitative estimate of drug-likeness (QED) is 0.909. The van der Waals surface area contributed by atoms with Crippen molar-refractivity contribution in [3.63, 3.8) is 0 Å². The summed E-state index contributed by atoms with van der Waals surface area (Å²) < 4.78 is 5.23. The lowest BCUT2D eigenvalue weighted by atomic mass is 9.83. The van der Waals surface area contributed by atoms with Gasteiger partial charge in [-0.1, -0.05) is 31.0 Å². The summed E-state index contributed by atoms with van der Waals surface area (Å²) in [7, 11) is 1.65. The standard InChI is InChI=1S/C18H21NO2S/c1-21-15-7-4-6-14(12-15)13-19-17(20)18(9-2-3-10-18)16-8-5-11-22-16/h4-8,11-12H,2-3,9-10,13H2,1H3,(H,19,20). The fraction of sp³-hybridized carbons (Fsp3) is 0.389. The lowest BCUT2D eigenvalue weighted by Gasteiger charge is -2.26. The highest BCUT2D eigenvalue weighted by molar-refractivity contribution is 7.10. The molecule has 0 atom stereocenters. The molecule has 0 saturated heterocycles. The molecule has 1 fully saturated rings. The van der Waals surface area contributed by atoms with Gasteiger partial charge in [0.2, 0.25) is 5.91 Å². The first-order valence-corrected chi connectivity index (χ1v) is 8.58. The van der Waals surface area contributed by atoms with Crippen molar-refractivity contribution < 1.29 is 9.53 Å². The molecule has 2 aromatic rings. The fourth-order valence-electron chi connectivity index (χ4n) is 3.25. The minimum absolute atomic E-state index is 0.162. The number of amides is 1. The zero-order valence-corrected chi connectivity index (χ0v) is 13.6. The summed E-state index contributed by atoms with van der Waals surface area (Å²) in [6.45, 7) is 0.545. The number of hydrogen-bond acceptors (Lipinski definition) is 3. The summed E-state index contributed by atoms with van der Waals surface area (Å²) in [5.74, 6) is 0.982. The van der Waals surface area contributed by atoms with Gasteiger partial charge in [0, 0.05) is 11.4 Å². The Morgan fingerprint density at radius 2 is 2.09 bits per heavy atom. The summed E-state index contributed by atoms with van der Waals surface area (Å²) in [6, 6.07) is 12.0. The normalized spacial score (nSPS) is 16.4. The van der Waals surface area contributed by atoms with E-state index in [9.17, 15) is 4.79 Å². The molecule has 3 rings (SSSR count). The molecule has 1 aliphatic carbocycles. The summed E-state index contributed by atoms with van der Waals surface area (Å²) in [6.07, 6.45) is 4.17. The van der Waals surface area contributed by atoms with E-state index in [0.717, 1.165) is 37.0 Å². The average Bonchev–Trinajstić information content (AvgIpc) is 3.24. The zero-order chi connectivity index (χ0) is 15.4. The van der Waals surface area contributed by atoms with Crippen LogP contribution in [0.5, 0.6) is 5.75 Å². The van der Waals surface area contributed by atoms with Gasteiger partial charge in [0.1, 0.15) is 5.75 Å². The molecule has 0 aliphatic heterocycles. The van der Waals surface area contributed by atoms with Gasteiger partial charge in [0.15, 0.2) is 0 Å². The predicted molar refractivity (Wildman–Crippen MR) is 89.3 cm³/mol. The number of hydrogen-bond donors (Lipinski definition) is 1. The van der Waals surface area contributed by atoms with Crippen molar-refractivity contribution in [2.24, 2.45) is 0 Å². The molecule has 0 spiro atoms. The van der Waals surface area contributed by atoms with Gasteiger partial charge in [0.05, 0.1) is 12.5 Å². The van der Waals surface area contributed by atoms with Crippen molar-refractivity contribution in [1.82, 2.24) is 5.32 Å². The third kappa shape index (κ3) is 2.88. The van der Waals surface area contributed by atoms with E-state index < -0.39 is 0 Å². The molecule has 4 heteroatoms. The second-order valence-corrected chi connectivity index (χ2v) is 6.75. The second kappa shape index (κ2) is 6.53. The minimum Gasteiger partial charge on any atom is -0.497 e. The van der Waals surface area contributed by atoms with E-state index in [1.165, 1.54) is 4.88 Å². The topological polar surface area (TPSA) is 38.3 Å². The van der Waals surface area contributed by atoms with E-state index >= 15 is 0 Å². The lowest BCUT2D eigenvalue weighted by Crippen LogP contribution is -2.41. The molecular weight excluding hydrogens is 294 g/mol. The van der Waals surface area contributed by atoms with Crippen LogP contribution in [0.1, 0.15) is 36.1 Å². The Kier molecular flexibility index (Phi) is 4.48. The van der Waals surface area contributed by atoms with Crippen LogP contribution in [0.3, 0.4) is 0 Å². The number of benzene rings is 1. The summed E-state index contributed by atoms with van der Waals surface area (Å²) in [5.41, 5.74) is 0.750. The van der Waals surface area contributed by atoms with Crippen LogP contribution in [0.25, 0.3) is 0 Å². The Hall–Kier alpha value is -1.81. The molecule has 3 nitrogen and oxygen atoms in total. The van der Waals surface area contributed by atoms with Crippen LogP contribution < -0.4 is 10.1 Å². The van der Waals surface area contributed by atoms with Crippen molar-refractivity contribution in [2.45, 2.75) is 37.6 Å². The lowest BCUT2D eigenvalue weighted by molar-refractivity contribution is -0.126. The highest BCUT2D eigenvalue weighted by Gasteiger charge is 2.43. The van der Waals surface area contributed by atoms with Crippen LogP contribution in [0, 0.1) is 0 Å². The first-order chi connectivity index (χ1) is 10.7. The van der Waals surface area contributed by atoms with Gasteiger partial charge < -0.3 is 10.1 Å². The highest BCUT2D eigenvalue weighted by Crippen LogP contribution is 2.43. The van der Waals surface area contributed by atoms with Gasteiger partial charge in [-0.05, 0) is 42.0 Å². The number of ether oxygens (including phenoxy) is 1. The van der Waals surface area contributed by atoms with E-state index in [1.54, 1.807) is 18.4 Å². The van der Waals surface area contributed by atoms with Gasteiger partial charge in [-0.25, -0.2) is 0 Å². The maximum absolute atomic E-state index is 12.9. The molecule has 1 saturated carbocycles. The number of thiophene rings is 1. The van der Waals surface area contributed by atoms with Crippen molar-refractivity contribution >= 4 is 17.2 Å². The van der Waals surface area contributed by atoms with E-state index in [4.69, 9.17) is 4.74 Å². The van der Waals surface area contributed by atoms with Crippen molar-refractivity contribution in [2.75, 3.05) is 7.11 Å². The smallest absolute Gasteiger partial charge is 0.231 e. The predicted octanol–water partition coefficient (Wildman–Crippen LogP) is 3.88. The molecule has 1 aromatic heterocycles. The Labute approximate surface area is 135 Å². The van der Waals surface area contributed by atoms with Crippen molar-refractivity contribution in [1.29, 1.82) is 0 Å². The highest BCUT2D eigenvalue weighted by atomic mass is 32.1. The van der Waals surface area contributed by atoms with Crippen LogP contribution in [-0.2, 0) is 16.8 Å². The molecule has 0 unspecified atom stereocenters. The van der Waals surface area contributed by atoms with Gasteiger partial charge in [0.25, 0.3) is 0 Å². The van der Waals surface area contributed by atoms with Gasteiger partial charge in [-0.2, -0.15) is 0 Å². The van der Waals surface area contributed by atoms with E-state index in [2.05, 4.69) is 16.8 Å². The molecule has 1 aliphatic rings. The Morgan fingerprint density at radius 1 is 1.27 bits per heavy atom. The third-order valence-electron chi connectivity index (χ3n) is 4.47. The van der Waals surface area contributed by atoms with E-state index in [1.807, 2.05) is 30.3 Å². The van der Waals surface area contributed by atoms with E-state index in [0.29, 0.717) is 6.54 Å². The van der Waals surface area contributed by atoms with Crippen LogP contribution in [0.15, 0.2) is 41.8 Å². The Balaban J connectivity index is 1.72. The largest absolute Gasteiger partial charge is 0.497 e. The molecule has 1 aromatic carbocycles. The molecule has 1 N–H and O–H groups in total. The first kappa shape index (κ1) is 15.1. The molecule has 0 radical (unpaired) electrons. The van der Waals surface area contributed by atoms with Gasteiger partial charge >= 0.3 is 0 Å². The molecule has 22 heavy (non-hydrogen) atoms. The van der Waals surface area contributed by atoms with Gasteiger partial charge in [-0.15, -0.1) is 11.3 Å². The summed E-state index contributed by atoms with van der Waals surface area (Å²) in [5, 5.41) is 5.19. The number of rotatable bonds is 5. The van der Waals surface area contributed by atoms with Crippen LogP contribution >= 0.6 is 11.3 Å².